The second-order valence-corrected chi connectivity index (χ2v) is 6.24. The van der Waals surface area contributed by atoms with Gasteiger partial charge in [0.15, 0.2) is 6.61 Å². The van der Waals surface area contributed by atoms with Crippen LogP contribution in [0.2, 0.25) is 0 Å². The molecular formula is C23H20FNO5. The number of hydrogen-bond acceptors (Lipinski definition) is 5. The van der Waals surface area contributed by atoms with Gasteiger partial charge in [0, 0.05) is 0 Å². The average Bonchev–Trinajstić information content (AvgIpc) is 2.77. The monoisotopic (exact) mass is 409 g/mol. The third-order valence-corrected chi connectivity index (χ3v) is 4.13. The predicted octanol–water partition coefficient (Wildman–Crippen LogP) is 4.21. The van der Waals surface area contributed by atoms with Gasteiger partial charge in [-0.25, -0.2) is 9.18 Å². The molecule has 0 aliphatic rings. The Kier molecular flexibility index (Phi) is 7.00. The fourth-order valence-electron chi connectivity index (χ4n) is 2.65. The molecule has 0 aliphatic carbocycles. The zero-order valence-corrected chi connectivity index (χ0v) is 16.3. The molecule has 0 atom stereocenters. The number of amides is 1. The van der Waals surface area contributed by atoms with Crippen LogP contribution in [-0.4, -0.2) is 25.6 Å². The molecule has 0 aromatic heterocycles. The summed E-state index contributed by atoms with van der Waals surface area (Å²) in [4.78, 5) is 24.6. The Morgan fingerprint density at radius 1 is 0.900 bits per heavy atom. The highest BCUT2D eigenvalue weighted by Crippen LogP contribution is 2.23. The SMILES string of the molecule is COc1ccccc1NC(=O)COC(=O)c1ccccc1OCc1ccc(F)cc1. The first-order valence-corrected chi connectivity index (χ1v) is 9.13. The number of carbonyl (C=O) groups excluding carboxylic acids is 2. The van der Waals surface area contributed by atoms with Crippen LogP contribution in [0.4, 0.5) is 10.1 Å². The molecule has 3 aromatic carbocycles. The number of anilines is 1. The fourth-order valence-corrected chi connectivity index (χ4v) is 2.65. The predicted molar refractivity (Wildman–Crippen MR) is 109 cm³/mol. The third-order valence-electron chi connectivity index (χ3n) is 4.13. The molecule has 3 rings (SSSR count). The molecule has 30 heavy (non-hydrogen) atoms. The van der Waals surface area contributed by atoms with E-state index in [2.05, 4.69) is 5.32 Å². The summed E-state index contributed by atoms with van der Waals surface area (Å²) in [5.74, 6) is -0.736. The van der Waals surface area contributed by atoms with Crippen molar-refractivity contribution >= 4 is 17.6 Å². The van der Waals surface area contributed by atoms with E-state index in [1.807, 2.05) is 0 Å². The van der Waals surface area contributed by atoms with Crippen molar-refractivity contribution in [2.45, 2.75) is 6.61 Å². The summed E-state index contributed by atoms with van der Waals surface area (Å²) in [7, 11) is 1.49. The molecule has 7 heteroatoms. The molecule has 0 aliphatic heterocycles. The lowest BCUT2D eigenvalue weighted by atomic mass is 10.2. The fraction of sp³-hybridized carbons (Fsp3) is 0.130. The summed E-state index contributed by atoms with van der Waals surface area (Å²) in [6.07, 6.45) is 0. The number of nitrogens with one attached hydrogen (secondary N) is 1. The van der Waals surface area contributed by atoms with Crippen LogP contribution >= 0.6 is 0 Å². The summed E-state index contributed by atoms with van der Waals surface area (Å²) in [6.45, 7) is -0.317. The van der Waals surface area contributed by atoms with Crippen LogP contribution in [0.3, 0.4) is 0 Å². The van der Waals surface area contributed by atoms with Gasteiger partial charge < -0.3 is 19.5 Å². The van der Waals surface area contributed by atoms with Crippen molar-refractivity contribution in [2.24, 2.45) is 0 Å². The van der Waals surface area contributed by atoms with Crippen molar-refractivity contribution in [2.75, 3.05) is 19.0 Å². The number of methoxy groups -OCH3 is 1. The molecule has 3 aromatic rings. The first-order chi connectivity index (χ1) is 14.6. The van der Waals surface area contributed by atoms with Gasteiger partial charge in [0.05, 0.1) is 12.8 Å². The molecule has 0 heterocycles. The Morgan fingerprint density at radius 3 is 2.30 bits per heavy atom. The van der Waals surface area contributed by atoms with Crippen LogP contribution in [0.25, 0.3) is 0 Å². The normalized spacial score (nSPS) is 10.2. The number of ether oxygens (including phenoxy) is 3. The van der Waals surface area contributed by atoms with Gasteiger partial charge in [0.2, 0.25) is 0 Å². The Morgan fingerprint density at radius 2 is 1.57 bits per heavy atom. The maximum atomic E-state index is 13.0. The first kappa shape index (κ1) is 20.9. The number of hydrogen-bond donors (Lipinski definition) is 1. The molecule has 0 bridgehead atoms. The number of halogens is 1. The van der Waals surface area contributed by atoms with Gasteiger partial charge in [-0.2, -0.15) is 0 Å². The number of rotatable bonds is 8. The Balaban J connectivity index is 1.58. The highest BCUT2D eigenvalue weighted by atomic mass is 19.1. The van der Waals surface area contributed by atoms with E-state index in [4.69, 9.17) is 14.2 Å². The minimum atomic E-state index is -0.695. The standard InChI is InChI=1S/C23H20FNO5/c1-28-21-9-5-3-7-19(21)25-22(26)15-30-23(27)18-6-2-4-8-20(18)29-14-16-10-12-17(24)13-11-16/h2-13H,14-15H2,1H3,(H,25,26). The third kappa shape index (κ3) is 5.57. The zero-order chi connectivity index (χ0) is 21.3. The van der Waals surface area contributed by atoms with Crippen molar-refractivity contribution in [3.63, 3.8) is 0 Å². The molecule has 0 unspecified atom stereocenters. The molecule has 0 saturated heterocycles. The molecule has 0 spiro atoms. The Hall–Kier alpha value is -3.87. The van der Waals surface area contributed by atoms with Gasteiger partial charge in [-0.1, -0.05) is 36.4 Å². The van der Waals surface area contributed by atoms with Gasteiger partial charge in [-0.15, -0.1) is 0 Å². The van der Waals surface area contributed by atoms with Crippen LogP contribution in [0.15, 0.2) is 72.8 Å². The molecule has 0 fully saturated rings. The molecule has 1 amide bonds. The van der Waals surface area contributed by atoms with E-state index in [1.165, 1.54) is 19.2 Å². The molecule has 154 valence electrons. The maximum Gasteiger partial charge on any atom is 0.342 e. The lowest BCUT2D eigenvalue weighted by Crippen LogP contribution is -2.21. The molecule has 6 nitrogen and oxygen atoms in total. The minimum absolute atomic E-state index is 0.152. The summed E-state index contributed by atoms with van der Waals surface area (Å²) in [5.41, 5.74) is 1.41. The van der Waals surface area contributed by atoms with Crippen LogP contribution in [0.5, 0.6) is 11.5 Å². The number of benzene rings is 3. The van der Waals surface area contributed by atoms with Gasteiger partial charge in [-0.3, -0.25) is 4.79 Å². The van der Waals surface area contributed by atoms with Crippen molar-refractivity contribution in [3.8, 4) is 11.5 Å². The van der Waals surface area contributed by atoms with E-state index in [0.717, 1.165) is 5.56 Å². The molecular weight excluding hydrogens is 389 g/mol. The first-order valence-electron chi connectivity index (χ1n) is 9.13. The van der Waals surface area contributed by atoms with Gasteiger partial charge in [0.25, 0.3) is 5.91 Å². The largest absolute Gasteiger partial charge is 0.495 e. The minimum Gasteiger partial charge on any atom is -0.495 e. The maximum absolute atomic E-state index is 13.0. The summed E-state index contributed by atoms with van der Waals surface area (Å²) in [6, 6.07) is 19.3. The quantitative estimate of drug-likeness (QED) is 0.564. The number of carbonyl (C=O) groups is 2. The van der Waals surface area contributed by atoms with Crippen LogP contribution in [0.1, 0.15) is 15.9 Å². The number of para-hydroxylation sites is 3. The second-order valence-electron chi connectivity index (χ2n) is 6.24. The zero-order valence-electron chi connectivity index (χ0n) is 16.3. The van der Waals surface area contributed by atoms with E-state index >= 15 is 0 Å². The second kappa shape index (κ2) is 10.1. The number of esters is 1. The molecule has 0 saturated carbocycles. The van der Waals surface area contributed by atoms with Gasteiger partial charge in [0.1, 0.15) is 29.5 Å². The summed E-state index contributed by atoms with van der Waals surface area (Å²) >= 11 is 0. The van der Waals surface area contributed by atoms with E-state index in [-0.39, 0.29) is 18.0 Å². The van der Waals surface area contributed by atoms with E-state index in [1.54, 1.807) is 60.7 Å². The summed E-state index contributed by atoms with van der Waals surface area (Å²) < 4.78 is 29.0. The van der Waals surface area contributed by atoms with Crippen LogP contribution in [0, 0.1) is 5.82 Å². The topological polar surface area (TPSA) is 73.9 Å². The van der Waals surface area contributed by atoms with E-state index in [0.29, 0.717) is 17.2 Å². The summed E-state index contributed by atoms with van der Waals surface area (Å²) in [5, 5.41) is 2.63. The Labute approximate surface area is 173 Å². The van der Waals surface area contributed by atoms with E-state index in [9.17, 15) is 14.0 Å². The van der Waals surface area contributed by atoms with Gasteiger partial charge >= 0.3 is 5.97 Å². The van der Waals surface area contributed by atoms with Crippen molar-refractivity contribution in [3.05, 3.63) is 89.7 Å². The smallest absolute Gasteiger partial charge is 0.342 e. The Bertz CT molecular complexity index is 1020. The highest BCUT2D eigenvalue weighted by molar-refractivity contribution is 5.97. The molecule has 0 radical (unpaired) electrons. The van der Waals surface area contributed by atoms with Crippen molar-refractivity contribution in [1.82, 2.24) is 0 Å². The lowest BCUT2D eigenvalue weighted by molar-refractivity contribution is -0.119. The highest BCUT2D eigenvalue weighted by Gasteiger charge is 2.16. The van der Waals surface area contributed by atoms with Crippen LogP contribution < -0.4 is 14.8 Å². The van der Waals surface area contributed by atoms with E-state index < -0.39 is 18.5 Å². The average molecular weight is 409 g/mol. The van der Waals surface area contributed by atoms with Crippen molar-refractivity contribution < 1.29 is 28.2 Å². The van der Waals surface area contributed by atoms with Gasteiger partial charge in [-0.05, 0) is 42.0 Å². The molecule has 1 N–H and O–H groups in total. The van der Waals surface area contributed by atoms with Crippen molar-refractivity contribution in [1.29, 1.82) is 0 Å². The van der Waals surface area contributed by atoms with Crippen LogP contribution in [-0.2, 0) is 16.1 Å². The lowest BCUT2D eigenvalue weighted by Gasteiger charge is -2.12.